The zero-order chi connectivity index (χ0) is 30.0. The second-order valence-electron chi connectivity index (χ2n) is 8.95. The van der Waals surface area contributed by atoms with Gasteiger partial charge in [0.05, 0.1) is 50.8 Å². The second-order valence-corrected chi connectivity index (χ2v) is 8.95. The largest absolute Gasteiger partial charge is 0.493 e. The van der Waals surface area contributed by atoms with Crippen LogP contribution in [0.25, 0.3) is 0 Å². The van der Waals surface area contributed by atoms with Gasteiger partial charge < -0.3 is 18.9 Å². The Morgan fingerprint density at radius 2 is 1.48 bits per heavy atom. The average molecular weight is 579 g/mol. The second kappa shape index (κ2) is 11.7. The number of carbonyl (C=O) groups excluding carboxylic acids is 2. The standard InChI is InChI=1S/C26H28F6N2O6/c1-6-40-24(36)34-14(2)7-19(18-11-21(37-3)22(38-4)12-20(18)34)33(23(35)39-5)13-15-8-16(25(27,28)29)10-17(9-15)26(30,31)32/h8-12,14,19H,6-7,13H2,1-5H3/t14-,19+/m0/s1. The van der Waals surface area contributed by atoms with Crippen molar-refractivity contribution in [2.45, 2.75) is 51.2 Å². The van der Waals surface area contributed by atoms with E-state index in [2.05, 4.69) is 0 Å². The molecule has 0 bridgehead atoms. The van der Waals surface area contributed by atoms with Gasteiger partial charge in [0.15, 0.2) is 11.5 Å². The van der Waals surface area contributed by atoms with E-state index >= 15 is 0 Å². The van der Waals surface area contributed by atoms with Gasteiger partial charge in [-0.3, -0.25) is 9.80 Å². The Kier molecular flexibility index (Phi) is 9.00. The first kappa shape index (κ1) is 30.7. The Morgan fingerprint density at radius 1 is 0.925 bits per heavy atom. The molecule has 0 N–H and O–H groups in total. The van der Waals surface area contributed by atoms with Crippen LogP contribution in [0.4, 0.5) is 41.6 Å². The lowest BCUT2D eigenvalue weighted by Gasteiger charge is -2.42. The molecule has 40 heavy (non-hydrogen) atoms. The number of amides is 2. The van der Waals surface area contributed by atoms with E-state index < -0.39 is 59.9 Å². The first-order valence-electron chi connectivity index (χ1n) is 12.0. The summed E-state index contributed by atoms with van der Waals surface area (Å²) < 4.78 is 102. The number of alkyl halides is 6. The van der Waals surface area contributed by atoms with E-state index in [-0.39, 0.29) is 36.3 Å². The molecule has 0 aromatic heterocycles. The third-order valence-corrected chi connectivity index (χ3v) is 6.41. The number of methoxy groups -OCH3 is 3. The van der Waals surface area contributed by atoms with Gasteiger partial charge in [-0.1, -0.05) is 0 Å². The van der Waals surface area contributed by atoms with Gasteiger partial charge in [-0.05, 0) is 50.1 Å². The molecule has 2 atom stereocenters. The van der Waals surface area contributed by atoms with E-state index in [1.807, 2.05) is 0 Å². The highest BCUT2D eigenvalue weighted by Gasteiger charge is 2.41. The number of nitrogens with zero attached hydrogens (tertiary/aromatic N) is 2. The fourth-order valence-electron chi connectivity index (χ4n) is 4.65. The van der Waals surface area contributed by atoms with Crippen molar-refractivity contribution in [1.82, 2.24) is 4.90 Å². The third-order valence-electron chi connectivity index (χ3n) is 6.41. The number of rotatable bonds is 6. The first-order chi connectivity index (χ1) is 18.7. The number of hydrogen-bond acceptors (Lipinski definition) is 6. The zero-order valence-corrected chi connectivity index (χ0v) is 22.3. The van der Waals surface area contributed by atoms with E-state index in [9.17, 15) is 35.9 Å². The minimum atomic E-state index is -5.07. The molecule has 0 spiro atoms. The SMILES string of the molecule is CCOC(=O)N1c2cc(OC)c(OC)cc2[C@H](N(Cc2cc(C(F)(F)F)cc(C(F)(F)F)c2)C(=O)OC)C[C@@H]1C. The molecule has 1 aliphatic rings. The summed E-state index contributed by atoms with van der Waals surface area (Å²) in [6, 6.07) is 2.52. The van der Waals surface area contributed by atoms with Crippen molar-refractivity contribution in [3.8, 4) is 11.5 Å². The maximum atomic E-state index is 13.5. The predicted octanol–water partition coefficient (Wildman–Crippen LogP) is 6.81. The van der Waals surface area contributed by atoms with Crippen molar-refractivity contribution in [2.24, 2.45) is 0 Å². The van der Waals surface area contributed by atoms with Crippen molar-refractivity contribution in [3.63, 3.8) is 0 Å². The summed E-state index contributed by atoms with van der Waals surface area (Å²) >= 11 is 0. The molecule has 0 radical (unpaired) electrons. The Labute approximate surface area is 226 Å². The van der Waals surface area contributed by atoms with Crippen molar-refractivity contribution < 1.29 is 54.9 Å². The molecule has 3 rings (SSSR count). The molecule has 1 aliphatic heterocycles. The summed E-state index contributed by atoms with van der Waals surface area (Å²) in [6.07, 6.45) is -11.8. The van der Waals surface area contributed by atoms with Crippen LogP contribution in [0, 0.1) is 0 Å². The Balaban J connectivity index is 2.20. The highest BCUT2D eigenvalue weighted by atomic mass is 19.4. The molecule has 0 fully saturated rings. The molecule has 220 valence electrons. The van der Waals surface area contributed by atoms with Crippen LogP contribution in [0.1, 0.15) is 48.6 Å². The van der Waals surface area contributed by atoms with Gasteiger partial charge >= 0.3 is 24.5 Å². The Morgan fingerprint density at radius 3 is 1.95 bits per heavy atom. The monoisotopic (exact) mass is 578 g/mol. The number of ether oxygens (including phenoxy) is 4. The number of benzene rings is 2. The van der Waals surface area contributed by atoms with Gasteiger partial charge in [0.25, 0.3) is 0 Å². The molecule has 0 aliphatic carbocycles. The van der Waals surface area contributed by atoms with Crippen molar-refractivity contribution in [3.05, 3.63) is 52.6 Å². The van der Waals surface area contributed by atoms with Crippen LogP contribution in [0.2, 0.25) is 0 Å². The molecule has 14 heteroatoms. The summed E-state index contributed by atoms with van der Waals surface area (Å²) in [6.45, 7) is 2.68. The molecule has 1 heterocycles. The number of hydrogen-bond donors (Lipinski definition) is 0. The smallest absolute Gasteiger partial charge is 0.416 e. The quantitative estimate of drug-likeness (QED) is 0.351. The fraction of sp³-hybridized carbons (Fsp3) is 0.462. The lowest BCUT2D eigenvalue weighted by Crippen LogP contribution is -2.47. The Hall–Kier alpha value is -3.84. The van der Waals surface area contributed by atoms with E-state index in [1.165, 1.54) is 31.3 Å². The molecule has 8 nitrogen and oxygen atoms in total. The van der Waals surface area contributed by atoms with Crippen LogP contribution in [-0.2, 0) is 28.4 Å². The van der Waals surface area contributed by atoms with E-state index in [4.69, 9.17) is 18.9 Å². The third kappa shape index (κ3) is 6.31. The number of halogens is 6. The fourth-order valence-corrected chi connectivity index (χ4v) is 4.65. The highest BCUT2D eigenvalue weighted by molar-refractivity contribution is 5.91. The number of carbonyl (C=O) groups is 2. The molecule has 2 amide bonds. The van der Waals surface area contributed by atoms with Crippen molar-refractivity contribution in [1.29, 1.82) is 0 Å². The molecular formula is C26H28F6N2O6. The minimum absolute atomic E-state index is 0.0122. The minimum Gasteiger partial charge on any atom is -0.493 e. The van der Waals surface area contributed by atoms with Gasteiger partial charge in [0, 0.05) is 24.2 Å². The summed E-state index contributed by atoms with van der Waals surface area (Å²) in [5.41, 5.74) is -2.88. The van der Waals surface area contributed by atoms with Gasteiger partial charge in [0.1, 0.15) is 0 Å². The van der Waals surface area contributed by atoms with Crippen LogP contribution >= 0.6 is 0 Å². The summed E-state index contributed by atoms with van der Waals surface area (Å²) in [5.74, 6) is 0.452. The predicted molar refractivity (Wildman–Crippen MR) is 130 cm³/mol. The van der Waals surface area contributed by atoms with Crippen LogP contribution in [0.5, 0.6) is 11.5 Å². The highest BCUT2D eigenvalue weighted by Crippen LogP contribution is 2.47. The van der Waals surface area contributed by atoms with Gasteiger partial charge in [-0.25, -0.2) is 9.59 Å². The lowest BCUT2D eigenvalue weighted by molar-refractivity contribution is -0.143. The molecule has 0 saturated heterocycles. The van der Waals surface area contributed by atoms with E-state index in [0.29, 0.717) is 17.7 Å². The van der Waals surface area contributed by atoms with Crippen LogP contribution < -0.4 is 14.4 Å². The zero-order valence-electron chi connectivity index (χ0n) is 22.3. The molecule has 2 aromatic rings. The van der Waals surface area contributed by atoms with E-state index in [0.717, 1.165) is 12.0 Å². The van der Waals surface area contributed by atoms with Crippen LogP contribution in [0.15, 0.2) is 30.3 Å². The van der Waals surface area contributed by atoms with E-state index in [1.54, 1.807) is 13.8 Å². The summed E-state index contributed by atoms with van der Waals surface area (Å²) in [4.78, 5) is 28.2. The maximum absolute atomic E-state index is 13.5. The van der Waals surface area contributed by atoms with Gasteiger partial charge in [-0.15, -0.1) is 0 Å². The van der Waals surface area contributed by atoms with Crippen LogP contribution in [0.3, 0.4) is 0 Å². The topological polar surface area (TPSA) is 77.5 Å². The van der Waals surface area contributed by atoms with Crippen molar-refractivity contribution in [2.75, 3.05) is 32.8 Å². The average Bonchev–Trinajstić information content (AvgIpc) is 2.89. The maximum Gasteiger partial charge on any atom is 0.416 e. The van der Waals surface area contributed by atoms with Gasteiger partial charge in [0.2, 0.25) is 0 Å². The first-order valence-corrected chi connectivity index (χ1v) is 12.0. The van der Waals surface area contributed by atoms with Crippen molar-refractivity contribution >= 4 is 17.9 Å². The summed E-state index contributed by atoms with van der Waals surface area (Å²) in [7, 11) is 3.76. The Bertz CT molecular complexity index is 1220. The molecular weight excluding hydrogens is 550 g/mol. The van der Waals surface area contributed by atoms with Crippen LogP contribution in [-0.4, -0.2) is 51.1 Å². The summed E-state index contributed by atoms with van der Waals surface area (Å²) in [5, 5.41) is 0. The normalized spacial score (nSPS) is 17.1. The molecule has 0 unspecified atom stereocenters. The van der Waals surface area contributed by atoms with Gasteiger partial charge in [-0.2, -0.15) is 26.3 Å². The molecule has 0 saturated carbocycles. The number of fused-ring (bicyclic) bond motifs is 1. The molecule has 2 aromatic carbocycles. The number of anilines is 1. The lowest BCUT2D eigenvalue weighted by atomic mass is 9.90.